The Morgan fingerprint density at radius 2 is 1.76 bits per heavy atom. The topological polar surface area (TPSA) is 122 Å². The average molecular weight is 299 g/mol. The number of primary amides is 1. The molecular formula is C14H25N3O4. The normalized spacial score (nSPS) is 23.4. The summed E-state index contributed by atoms with van der Waals surface area (Å²) in [5.74, 6) is -0.991. The van der Waals surface area contributed by atoms with Gasteiger partial charge in [-0.2, -0.15) is 0 Å². The van der Waals surface area contributed by atoms with Crippen LogP contribution in [0.25, 0.3) is 0 Å². The van der Waals surface area contributed by atoms with Crippen LogP contribution in [0.4, 0.5) is 4.79 Å². The van der Waals surface area contributed by atoms with Crippen LogP contribution in [-0.2, 0) is 9.59 Å². The maximum Gasteiger partial charge on any atom is 0.312 e. The van der Waals surface area contributed by atoms with Crippen LogP contribution in [0.15, 0.2) is 0 Å². The van der Waals surface area contributed by atoms with Crippen molar-refractivity contribution < 1.29 is 19.5 Å². The van der Waals surface area contributed by atoms with Crippen LogP contribution >= 0.6 is 0 Å². The van der Waals surface area contributed by atoms with Crippen molar-refractivity contribution in [3.05, 3.63) is 0 Å². The highest BCUT2D eigenvalue weighted by Gasteiger charge is 2.27. The third-order valence-corrected chi connectivity index (χ3v) is 4.01. The Kier molecular flexibility index (Phi) is 6.45. The maximum atomic E-state index is 12.1. The number of amides is 3. The molecule has 1 unspecified atom stereocenters. The first-order valence-electron chi connectivity index (χ1n) is 7.37. The number of rotatable bonds is 6. The minimum Gasteiger partial charge on any atom is -0.481 e. The summed E-state index contributed by atoms with van der Waals surface area (Å²) in [4.78, 5) is 33.8. The van der Waals surface area contributed by atoms with Gasteiger partial charge in [0.05, 0.1) is 5.92 Å². The lowest BCUT2D eigenvalue weighted by Gasteiger charge is -2.27. The molecule has 1 rings (SSSR count). The van der Waals surface area contributed by atoms with Crippen molar-refractivity contribution in [2.45, 2.75) is 45.6 Å². The van der Waals surface area contributed by atoms with Crippen molar-refractivity contribution in [2.24, 2.45) is 23.5 Å². The van der Waals surface area contributed by atoms with Gasteiger partial charge in [0.15, 0.2) is 0 Å². The molecule has 0 aromatic rings. The van der Waals surface area contributed by atoms with Crippen LogP contribution in [0.2, 0.25) is 0 Å². The van der Waals surface area contributed by atoms with E-state index in [1.807, 2.05) is 13.8 Å². The predicted molar refractivity (Wildman–Crippen MR) is 77.4 cm³/mol. The van der Waals surface area contributed by atoms with E-state index in [-0.39, 0.29) is 17.7 Å². The fraction of sp³-hybridized carbons (Fsp3) is 0.786. The molecular weight excluding hydrogens is 274 g/mol. The molecule has 0 bridgehead atoms. The molecule has 0 heterocycles. The van der Waals surface area contributed by atoms with E-state index < -0.39 is 18.0 Å². The first-order chi connectivity index (χ1) is 9.81. The summed E-state index contributed by atoms with van der Waals surface area (Å²) in [7, 11) is 0. The van der Waals surface area contributed by atoms with Gasteiger partial charge in [-0.1, -0.05) is 13.8 Å². The quantitative estimate of drug-likeness (QED) is 0.576. The van der Waals surface area contributed by atoms with E-state index in [9.17, 15) is 14.4 Å². The van der Waals surface area contributed by atoms with Gasteiger partial charge in [-0.25, -0.2) is 4.79 Å². The first kappa shape index (κ1) is 17.3. The smallest absolute Gasteiger partial charge is 0.312 e. The second-order valence-corrected chi connectivity index (χ2v) is 6.03. The summed E-state index contributed by atoms with van der Waals surface area (Å²) in [5.41, 5.74) is 5.07. The van der Waals surface area contributed by atoms with E-state index in [4.69, 9.17) is 10.8 Å². The minimum absolute atomic E-state index is 0.0553. The van der Waals surface area contributed by atoms with Crippen LogP contribution in [0.1, 0.15) is 39.5 Å². The van der Waals surface area contributed by atoms with Crippen molar-refractivity contribution in [1.29, 1.82) is 0 Å². The van der Waals surface area contributed by atoms with Crippen molar-refractivity contribution in [3.63, 3.8) is 0 Å². The van der Waals surface area contributed by atoms with Gasteiger partial charge in [0.2, 0.25) is 5.91 Å². The number of carboxylic acids is 1. The second-order valence-electron chi connectivity index (χ2n) is 6.03. The molecule has 5 N–H and O–H groups in total. The monoisotopic (exact) mass is 299 g/mol. The zero-order valence-corrected chi connectivity index (χ0v) is 12.6. The third kappa shape index (κ3) is 5.61. The molecule has 7 heteroatoms. The summed E-state index contributed by atoms with van der Waals surface area (Å²) in [6, 6.07) is -1.36. The summed E-state index contributed by atoms with van der Waals surface area (Å²) in [6.07, 6.45) is 2.91. The Bertz CT molecular complexity index is 390. The van der Waals surface area contributed by atoms with E-state index in [1.54, 1.807) is 0 Å². The average Bonchev–Trinajstić information content (AvgIpc) is 2.42. The Morgan fingerprint density at radius 1 is 1.19 bits per heavy atom. The number of carboxylic acid groups (broad SMARTS) is 1. The summed E-state index contributed by atoms with van der Waals surface area (Å²) >= 11 is 0. The fourth-order valence-corrected chi connectivity index (χ4v) is 2.66. The van der Waals surface area contributed by atoms with E-state index in [0.717, 1.165) is 12.8 Å². The number of carbonyl (C=O) groups is 3. The number of aliphatic carboxylic acids is 1. The highest BCUT2D eigenvalue weighted by molar-refractivity contribution is 5.86. The van der Waals surface area contributed by atoms with E-state index in [0.29, 0.717) is 25.3 Å². The number of urea groups is 1. The number of hydrogen-bond acceptors (Lipinski definition) is 3. The molecule has 120 valence electrons. The summed E-state index contributed by atoms with van der Waals surface area (Å²) in [5, 5.41) is 14.2. The number of nitrogens with one attached hydrogen (secondary N) is 2. The Morgan fingerprint density at radius 3 is 2.19 bits per heavy atom. The van der Waals surface area contributed by atoms with Crippen LogP contribution in [0.3, 0.4) is 0 Å². The molecule has 3 amide bonds. The maximum absolute atomic E-state index is 12.1. The molecule has 1 atom stereocenters. The largest absolute Gasteiger partial charge is 0.481 e. The van der Waals surface area contributed by atoms with Gasteiger partial charge in [0.25, 0.3) is 0 Å². The predicted octanol–water partition coefficient (Wildman–Crippen LogP) is 0.687. The molecule has 7 nitrogen and oxygen atoms in total. The van der Waals surface area contributed by atoms with Gasteiger partial charge >= 0.3 is 12.0 Å². The molecule has 21 heavy (non-hydrogen) atoms. The van der Waals surface area contributed by atoms with Crippen molar-refractivity contribution >= 4 is 17.9 Å². The molecule has 1 aliphatic rings. The molecule has 0 spiro atoms. The van der Waals surface area contributed by atoms with E-state index in [1.165, 1.54) is 0 Å². The first-order valence-corrected chi connectivity index (χ1v) is 7.37. The highest BCUT2D eigenvalue weighted by atomic mass is 16.4. The standard InChI is InChI=1S/C14H25N3O4/c1-8(2)11(17-14(15)21)12(18)16-7-9-3-5-10(6-4-9)13(19)20/h8-11H,3-7H2,1-2H3,(H,16,18)(H,19,20)(H3,15,17,21). The molecule has 1 saturated carbocycles. The van der Waals surface area contributed by atoms with Crippen molar-refractivity contribution in [3.8, 4) is 0 Å². The highest BCUT2D eigenvalue weighted by Crippen LogP contribution is 2.28. The zero-order valence-electron chi connectivity index (χ0n) is 12.6. The minimum atomic E-state index is -0.733. The van der Waals surface area contributed by atoms with Crippen LogP contribution in [0.5, 0.6) is 0 Å². The van der Waals surface area contributed by atoms with E-state index in [2.05, 4.69) is 10.6 Å². The van der Waals surface area contributed by atoms with Gasteiger partial charge in [-0.3, -0.25) is 9.59 Å². The Labute approximate surface area is 124 Å². The lowest BCUT2D eigenvalue weighted by Crippen LogP contribution is -2.52. The molecule has 0 aromatic carbocycles. The molecule has 0 radical (unpaired) electrons. The Hall–Kier alpha value is -1.79. The van der Waals surface area contributed by atoms with Crippen molar-refractivity contribution in [2.75, 3.05) is 6.54 Å². The lowest BCUT2D eigenvalue weighted by atomic mass is 9.82. The van der Waals surface area contributed by atoms with Gasteiger partial charge in [0.1, 0.15) is 6.04 Å². The molecule has 1 aliphatic carbocycles. The van der Waals surface area contributed by atoms with Gasteiger partial charge in [-0.05, 0) is 37.5 Å². The number of hydrogen-bond donors (Lipinski definition) is 4. The van der Waals surface area contributed by atoms with E-state index >= 15 is 0 Å². The van der Waals surface area contributed by atoms with Crippen molar-refractivity contribution in [1.82, 2.24) is 10.6 Å². The fourth-order valence-electron chi connectivity index (χ4n) is 2.66. The Balaban J connectivity index is 2.38. The third-order valence-electron chi connectivity index (χ3n) is 4.01. The van der Waals surface area contributed by atoms with Crippen LogP contribution in [0, 0.1) is 17.8 Å². The molecule has 0 saturated heterocycles. The summed E-state index contributed by atoms with van der Waals surface area (Å²) < 4.78 is 0. The van der Waals surface area contributed by atoms with Gasteiger partial charge < -0.3 is 21.5 Å². The molecule has 0 aliphatic heterocycles. The van der Waals surface area contributed by atoms with Gasteiger partial charge in [-0.15, -0.1) is 0 Å². The van der Waals surface area contributed by atoms with Crippen LogP contribution in [-0.4, -0.2) is 35.6 Å². The van der Waals surface area contributed by atoms with Crippen LogP contribution < -0.4 is 16.4 Å². The SMILES string of the molecule is CC(C)C(NC(N)=O)C(=O)NCC1CCC(C(=O)O)CC1. The summed E-state index contributed by atoms with van der Waals surface area (Å²) in [6.45, 7) is 4.17. The van der Waals surface area contributed by atoms with Gasteiger partial charge in [0, 0.05) is 6.54 Å². The molecule has 1 fully saturated rings. The second kappa shape index (κ2) is 7.85. The number of nitrogens with two attached hydrogens (primary N) is 1. The lowest BCUT2D eigenvalue weighted by molar-refractivity contribution is -0.143. The number of carbonyl (C=O) groups excluding carboxylic acids is 2. The zero-order chi connectivity index (χ0) is 16.0. The molecule has 0 aromatic heterocycles.